The van der Waals surface area contributed by atoms with Crippen molar-refractivity contribution in [2.75, 3.05) is 4.90 Å². The quantitative estimate of drug-likeness (QED) is 0.208. The van der Waals surface area contributed by atoms with Crippen molar-refractivity contribution in [3.63, 3.8) is 0 Å². The van der Waals surface area contributed by atoms with E-state index in [1.807, 2.05) is 19.1 Å². The van der Waals surface area contributed by atoms with Crippen LogP contribution in [0.1, 0.15) is 61.0 Å². The molecule has 2 amide bonds. The number of halogens is 1. The minimum absolute atomic E-state index is 0.0758. The van der Waals surface area contributed by atoms with Gasteiger partial charge in [-0.2, -0.15) is 4.90 Å². The van der Waals surface area contributed by atoms with Gasteiger partial charge in [0, 0.05) is 11.1 Å². The zero-order chi connectivity index (χ0) is 34.2. The minimum Gasteiger partial charge on any atom is -0.443 e. The van der Waals surface area contributed by atoms with Crippen LogP contribution in [-0.4, -0.2) is 57.2 Å². The van der Waals surface area contributed by atoms with Crippen molar-refractivity contribution in [3.8, 4) is 34.3 Å². The predicted octanol–water partition coefficient (Wildman–Crippen LogP) is 7.17. The maximum absolute atomic E-state index is 15.5. The van der Waals surface area contributed by atoms with Crippen LogP contribution in [-0.2, 0) is 19.3 Å². The summed E-state index contributed by atoms with van der Waals surface area (Å²) in [7, 11) is -3.76. The Kier molecular flexibility index (Phi) is 9.34. The van der Waals surface area contributed by atoms with Gasteiger partial charge in [-0.25, -0.2) is 32.4 Å². The molecule has 0 unspecified atom stereocenters. The van der Waals surface area contributed by atoms with E-state index in [0.29, 0.717) is 10.5 Å². The Hall–Kier alpha value is -4.72. The van der Waals surface area contributed by atoms with E-state index >= 15 is 4.39 Å². The number of hydrogen-bond acceptors (Lipinski definition) is 11. The maximum atomic E-state index is 15.5. The molecule has 14 heteroatoms. The van der Waals surface area contributed by atoms with Crippen molar-refractivity contribution in [3.05, 3.63) is 60.0 Å². The predicted molar refractivity (Wildman–Crippen MR) is 168 cm³/mol. The van der Waals surface area contributed by atoms with E-state index < -0.39 is 44.3 Å². The lowest BCUT2D eigenvalue weighted by molar-refractivity contribution is 0.0429. The van der Waals surface area contributed by atoms with Crippen LogP contribution in [0, 0.1) is 12.7 Å². The lowest BCUT2D eigenvalue weighted by Crippen LogP contribution is -2.44. The molecule has 2 heterocycles. The maximum Gasteiger partial charge on any atom is 0.425 e. The summed E-state index contributed by atoms with van der Waals surface area (Å²) in [6.45, 7) is 14.6. The second-order valence-corrected chi connectivity index (χ2v) is 15.2. The fraction of sp³-hybridized carbons (Fsp3) is 0.375. The molecule has 46 heavy (non-hydrogen) atoms. The summed E-state index contributed by atoms with van der Waals surface area (Å²) in [5, 5.41) is 7.43. The second kappa shape index (κ2) is 12.6. The molecule has 0 aliphatic carbocycles. The lowest BCUT2D eigenvalue weighted by atomic mass is 10.1. The summed E-state index contributed by atoms with van der Waals surface area (Å²) in [5.41, 5.74) is -0.901. The Morgan fingerprint density at radius 1 is 0.891 bits per heavy atom. The number of hydrogen-bond donors (Lipinski definition) is 0. The molecule has 4 aromatic rings. The Bertz CT molecular complexity index is 1850. The molecule has 0 spiro atoms. The number of carbonyl (C=O) groups is 2. The number of amides is 2. The summed E-state index contributed by atoms with van der Waals surface area (Å²) >= 11 is 0. The molecule has 0 bridgehead atoms. The van der Waals surface area contributed by atoms with Crippen LogP contribution in [0.15, 0.2) is 58.0 Å². The van der Waals surface area contributed by atoms with Crippen molar-refractivity contribution in [1.82, 2.24) is 20.2 Å². The van der Waals surface area contributed by atoms with Crippen molar-refractivity contribution in [2.45, 2.75) is 83.7 Å². The van der Waals surface area contributed by atoms with Gasteiger partial charge in [-0.05, 0) is 92.6 Å². The van der Waals surface area contributed by atoms with Gasteiger partial charge in [-0.1, -0.05) is 17.7 Å². The highest BCUT2D eigenvalue weighted by atomic mass is 32.2. The molecule has 0 saturated carbocycles. The molecular weight excluding hydrogens is 617 g/mol. The first kappa shape index (κ1) is 34.2. The number of aromatic nitrogens is 4. The highest BCUT2D eigenvalue weighted by Gasteiger charge is 2.37. The first-order valence-electron chi connectivity index (χ1n) is 14.3. The number of carbonyl (C=O) groups excluding carboxylic acids is 2. The third-order valence-corrected chi connectivity index (χ3v) is 8.36. The minimum atomic E-state index is -3.76. The van der Waals surface area contributed by atoms with Crippen molar-refractivity contribution in [2.24, 2.45) is 0 Å². The van der Waals surface area contributed by atoms with Gasteiger partial charge in [-0.3, -0.25) is 0 Å². The van der Waals surface area contributed by atoms with Gasteiger partial charge in [0.1, 0.15) is 17.0 Å². The fourth-order valence-corrected chi connectivity index (χ4v) is 5.04. The van der Waals surface area contributed by atoms with Gasteiger partial charge in [0.05, 0.1) is 22.0 Å². The second-order valence-electron chi connectivity index (χ2n) is 12.7. The molecule has 12 nitrogen and oxygen atoms in total. The van der Waals surface area contributed by atoms with E-state index in [0.717, 1.165) is 17.8 Å². The largest absolute Gasteiger partial charge is 0.443 e. The molecule has 0 radical (unpaired) electrons. The average molecular weight is 654 g/mol. The van der Waals surface area contributed by atoms with E-state index in [2.05, 4.69) is 20.2 Å². The molecule has 244 valence electrons. The number of rotatable bonds is 6. The molecule has 0 aliphatic rings. The molecule has 4 rings (SSSR count). The smallest absolute Gasteiger partial charge is 0.425 e. The van der Waals surface area contributed by atoms with E-state index in [1.54, 1.807) is 53.7 Å². The van der Waals surface area contributed by atoms with E-state index in [-0.39, 0.29) is 39.4 Å². The molecule has 0 saturated heterocycles. The zero-order valence-corrected chi connectivity index (χ0v) is 27.9. The van der Waals surface area contributed by atoms with Crippen LogP contribution in [0.4, 0.5) is 19.8 Å². The monoisotopic (exact) mass is 653 g/mol. The molecule has 0 aliphatic heterocycles. The molecule has 0 fully saturated rings. The summed E-state index contributed by atoms with van der Waals surface area (Å²) in [4.78, 5) is 36.1. The topological polar surface area (TPSA) is 155 Å². The SMILES string of the molecule is Cc1ccc(-c2nnc(-c3nc(-c4ccc(S(=O)(=O)C(C)C)cc4F)cnc3N(C(=O)OC(C)(C)C)C(=O)OC(C)(C)C)o2)cc1. The van der Waals surface area contributed by atoms with Gasteiger partial charge in [-0.15, -0.1) is 10.2 Å². The number of sulfone groups is 1. The van der Waals surface area contributed by atoms with Gasteiger partial charge in [0.15, 0.2) is 21.3 Å². The zero-order valence-electron chi connectivity index (χ0n) is 27.1. The number of nitrogens with zero attached hydrogens (tertiary/aromatic N) is 5. The third-order valence-electron chi connectivity index (χ3n) is 6.21. The Balaban J connectivity index is 1.93. The van der Waals surface area contributed by atoms with Crippen molar-refractivity contribution in [1.29, 1.82) is 0 Å². The molecule has 0 atom stereocenters. The van der Waals surface area contributed by atoms with Crippen LogP contribution in [0.25, 0.3) is 34.3 Å². The van der Waals surface area contributed by atoms with E-state index in [9.17, 15) is 18.0 Å². The molecule has 2 aromatic heterocycles. The summed E-state index contributed by atoms with van der Waals surface area (Å²) in [6, 6.07) is 10.7. The van der Waals surface area contributed by atoms with Crippen LogP contribution in [0.5, 0.6) is 0 Å². The van der Waals surface area contributed by atoms with Crippen molar-refractivity contribution >= 4 is 27.8 Å². The van der Waals surface area contributed by atoms with Crippen LogP contribution in [0.2, 0.25) is 0 Å². The van der Waals surface area contributed by atoms with Gasteiger partial charge < -0.3 is 13.9 Å². The Morgan fingerprint density at radius 3 is 1.98 bits per heavy atom. The van der Waals surface area contributed by atoms with Crippen molar-refractivity contribution < 1.29 is 36.3 Å². The van der Waals surface area contributed by atoms with Gasteiger partial charge in [0.2, 0.25) is 5.89 Å². The normalized spacial score (nSPS) is 12.2. The molecule has 0 N–H and O–H groups in total. The molecular formula is C32H36FN5O7S. The Morgan fingerprint density at radius 2 is 1.46 bits per heavy atom. The molecule has 2 aromatic carbocycles. The van der Waals surface area contributed by atoms with E-state index in [4.69, 9.17) is 13.9 Å². The Labute approximate surface area is 266 Å². The summed E-state index contributed by atoms with van der Waals surface area (Å²) < 4.78 is 57.7. The first-order chi connectivity index (χ1) is 21.3. The number of benzene rings is 2. The number of imide groups is 1. The van der Waals surface area contributed by atoms with Gasteiger partial charge >= 0.3 is 12.2 Å². The van der Waals surface area contributed by atoms with Crippen LogP contribution in [0.3, 0.4) is 0 Å². The number of aryl methyl sites for hydroxylation is 1. The third kappa shape index (κ3) is 7.73. The fourth-order valence-electron chi connectivity index (χ4n) is 3.97. The lowest BCUT2D eigenvalue weighted by Gasteiger charge is -2.28. The summed E-state index contributed by atoms with van der Waals surface area (Å²) in [5.74, 6) is -1.43. The highest BCUT2D eigenvalue weighted by Crippen LogP contribution is 2.34. The first-order valence-corrected chi connectivity index (χ1v) is 15.9. The number of anilines is 1. The van der Waals surface area contributed by atoms with Crippen LogP contribution >= 0.6 is 0 Å². The number of ether oxygens (including phenoxy) is 2. The van der Waals surface area contributed by atoms with E-state index in [1.165, 1.54) is 26.0 Å². The van der Waals surface area contributed by atoms with Gasteiger partial charge in [0.25, 0.3) is 5.89 Å². The summed E-state index contributed by atoms with van der Waals surface area (Å²) in [6.07, 6.45) is -1.14. The van der Waals surface area contributed by atoms with Crippen LogP contribution < -0.4 is 4.90 Å². The average Bonchev–Trinajstić information content (AvgIpc) is 3.42. The highest BCUT2D eigenvalue weighted by molar-refractivity contribution is 7.92. The standard InChI is InChI=1S/C32H36FN5O7S/c1-18(2)46(41,42)21-14-15-22(23(33)16-21)24-17-34-26(38(29(39)44-31(4,5)6)30(40)45-32(7,8)9)25(35-24)28-37-36-27(43-28)20-12-10-19(3)11-13-20/h10-18H,1-9H3.